The van der Waals surface area contributed by atoms with Gasteiger partial charge in [0.2, 0.25) is 0 Å². The summed E-state index contributed by atoms with van der Waals surface area (Å²) in [5, 5.41) is 4.96. The van der Waals surface area contributed by atoms with Crippen molar-refractivity contribution in [2.75, 3.05) is 39.4 Å². The largest absolute Gasteiger partial charge is 0.379 e. The molecule has 1 fully saturated rings. The molecule has 4 nitrogen and oxygen atoms in total. The first-order chi connectivity index (χ1) is 10.4. The van der Waals surface area contributed by atoms with Crippen molar-refractivity contribution in [3.8, 4) is 0 Å². The molecule has 0 saturated carbocycles. The zero-order valence-electron chi connectivity index (χ0n) is 12.8. The average Bonchev–Trinajstić information content (AvgIpc) is 2.91. The summed E-state index contributed by atoms with van der Waals surface area (Å²) in [6, 6.07) is 8.67. The summed E-state index contributed by atoms with van der Waals surface area (Å²) in [4.78, 5) is 2.46. The number of aryl methyl sites for hydroxylation is 1. The van der Waals surface area contributed by atoms with Gasteiger partial charge in [-0.3, -0.25) is 4.90 Å². The Hall–Kier alpha value is -1.36. The number of fused-ring (bicyclic) bond motifs is 1. The Balaban J connectivity index is 1.55. The SMILES string of the molecule is CCn1cc(CNCCN2CCOCC2)c2ccccc21. The van der Waals surface area contributed by atoms with Crippen molar-refractivity contribution in [3.05, 3.63) is 36.0 Å². The molecule has 1 aliphatic heterocycles. The van der Waals surface area contributed by atoms with Gasteiger partial charge in [-0.1, -0.05) is 18.2 Å². The van der Waals surface area contributed by atoms with Crippen LogP contribution in [0.15, 0.2) is 30.5 Å². The Morgan fingerprint density at radius 1 is 1.19 bits per heavy atom. The number of nitrogens with one attached hydrogen (secondary N) is 1. The number of rotatable bonds is 6. The number of morpholine rings is 1. The van der Waals surface area contributed by atoms with E-state index in [0.29, 0.717) is 0 Å². The van der Waals surface area contributed by atoms with Gasteiger partial charge in [0.15, 0.2) is 0 Å². The third-order valence-electron chi connectivity index (χ3n) is 4.24. The molecule has 114 valence electrons. The quantitative estimate of drug-likeness (QED) is 0.825. The van der Waals surface area contributed by atoms with Crippen LogP contribution in [0.25, 0.3) is 10.9 Å². The summed E-state index contributed by atoms with van der Waals surface area (Å²) in [6.45, 7) is 10.2. The summed E-state index contributed by atoms with van der Waals surface area (Å²) in [5.74, 6) is 0. The first-order valence-electron chi connectivity index (χ1n) is 7.96. The van der Waals surface area contributed by atoms with Crippen LogP contribution in [-0.4, -0.2) is 48.9 Å². The Kier molecular flexibility index (Phi) is 4.91. The number of ether oxygens (including phenoxy) is 1. The standard InChI is InChI=1S/C17H25N3O/c1-2-20-14-15(16-5-3-4-6-17(16)20)13-18-7-8-19-9-11-21-12-10-19/h3-6,14,18H,2,7-13H2,1H3. The minimum Gasteiger partial charge on any atom is -0.379 e. The molecule has 0 radical (unpaired) electrons. The maximum absolute atomic E-state index is 5.37. The van der Waals surface area contributed by atoms with Gasteiger partial charge in [0.05, 0.1) is 13.2 Å². The van der Waals surface area contributed by atoms with E-state index in [4.69, 9.17) is 4.74 Å². The van der Waals surface area contributed by atoms with Crippen LogP contribution in [-0.2, 0) is 17.8 Å². The summed E-state index contributed by atoms with van der Waals surface area (Å²) < 4.78 is 7.70. The maximum Gasteiger partial charge on any atom is 0.0594 e. The van der Waals surface area contributed by atoms with Gasteiger partial charge in [0, 0.05) is 56.4 Å². The van der Waals surface area contributed by atoms with Crippen LogP contribution in [0.4, 0.5) is 0 Å². The molecular formula is C17H25N3O. The first-order valence-corrected chi connectivity index (χ1v) is 7.96. The monoisotopic (exact) mass is 287 g/mol. The molecular weight excluding hydrogens is 262 g/mol. The predicted molar refractivity (Wildman–Crippen MR) is 86.6 cm³/mol. The molecule has 0 unspecified atom stereocenters. The molecule has 2 heterocycles. The third-order valence-corrected chi connectivity index (χ3v) is 4.24. The topological polar surface area (TPSA) is 29.4 Å². The van der Waals surface area contributed by atoms with E-state index < -0.39 is 0 Å². The van der Waals surface area contributed by atoms with Gasteiger partial charge in [-0.05, 0) is 18.6 Å². The highest BCUT2D eigenvalue weighted by Gasteiger charge is 2.10. The van der Waals surface area contributed by atoms with Crippen molar-refractivity contribution in [1.82, 2.24) is 14.8 Å². The van der Waals surface area contributed by atoms with Gasteiger partial charge < -0.3 is 14.6 Å². The van der Waals surface area contributed by atoms with Crippen molar-refractivity contribution in [2.24, 2.45) is 0 Å². The van der Waals surface area contributed by atoms with E-state index in [0.717, 1.165) is 52.5 Å². The Labute approximate surface area is 126 Å². The summed E-state index contributed by atoms with van der Waals surface area (Å²) in [7, 11) is 0. The van der Waals surface area contributed by atoms with Crippen molar-refractivity contribution in [3.63, 3.8) is 0 Å². The third kappa shape index (κ3) is 3.46. The van der Waals surface area contributed by atoms with E-state index in [-0.39, 0.29) is 0 Å². The molecule has 1 aromatic heterocycles. The van der Waals surface area contributed by atoms with Crippen molar-refractivity contribution in [1.29, 1.82) is 0 Å². The molecule has 1 N–H and O–H groups in total. The van der Waals surface area contributed by atoms with Crippen molar-refractivity contribution < 1.29 is 4.74 Å². The second kappa shape index (κ2) is 7.07. The fourth-order valence-electron chi connectivity index (χ4n) is 3.01. The molecule has 1 saturated heterocycles. The zero-order chi connectivity index (χ0) is 14.5. The highest BCUT2D eigenvalue weighted by Crippen LogP contribution is 2.21. The minimum absolute atomic E-state index is 0.879. The van der Waals surface area contributed by atoms with E-state index in [1.54, 1.807) is 0 Å². The Morgan fingerprint density at radius 2 is 2.00 bits per heavy atom. The van der Waals surface area contributed by atoms with Gasteiger partial charge in [0.1, 0.15) is 0 Å². The molecule has 0 amide bonds. The van der Waals surface area contributed by atoms with E-state index in [2.05, 4.69) is 52.2 Å². The number of para-hydroxylation sites is 1. The molecule has 0 atom stereocenters. The van der Waals surface area contributed by atoms with E-state index in [1.165, 1.54) is 16.5 Å². The van der Waals surface area contributed by atoms with Gasteiger partial charge >= 0.3 is 0 Å². The molecule has 21 heavy (non-hydrogen) atoms. The second-order valence-corrected chi connectivity index (χ2v) is 5.59. The minimum atomic E-state index is 0.879. The fourth-order valence-corrected chi connectivity index (χ4v) is 3.01. The Bertz CT molecular complexity index is 572. The van der Waals surface area contributed by atoms with Crippen LogP contribution in [0.5, 0.6) is 0 Å². The fraction of sp³-hybridized carbons (Fsp3) is 0.529. The van der Waals surface area contributed by atoms with Crippen LogP contribution < -0.4 is 5.32 Å². The van der Waals surface area contributed by atoms with Gasteiger partial charge in [-0.15, -0.1) is 0 Å². The molecule has 2 aromatic rings. The number of hydrogen-bond acceptors (Lipinski definition) is 3. The second-order valence-electron chi connectivity index (χ2n) is 5.59. The summed E-state index contributed by atoms with van der Waals surface area (Å²) >= 11 is 0. The normalized spacial score (nSPS) is 16.6. The van der Waals surface area contributed by atoms with Crippen LogP contribution in [0.2, 0.25) is 0 Å². The Morgan fingerprint density at radius 3 is 2.81 bits per heavy atom. The lowest BCUT2D eigenvalue weighted by atomic mass is 10.2. The van der Waals surface area contributed by atoms with Crippen LogP contribution in [0.3, 0.4) is 0 Å². The number of nitrogens with zero attached hydrogens (tertiary/aromatic N) is 2. The molecule has 0 spiro atoms. The molecule has 0 aliphatic carbocycles. The maximum atomic E-state index is 5.37. The van der Waals surface area contributed by atoms with Crippen molar-refractivity contribution >= 4 is 10.9 Å². The molecule has 4 heteroatoms. The van der Waals surface area contributed by atoms with Crippen LogP contribution in [0, 0.1) is 0 Å². The first kappa shape index (κ1) is 14.6. The number of benzene rings is 1. The van der Waals surface area contributed by atoms with E-state index in [9.17, 15) is 0 Å². The zero-order valence-corrected chi connectivity index (χ0v) is 12.8. The highest BCUT2D eigenvalue weighted by atomic mass is 16.5. The van der Waals surface area contributed by atoms with Crippen LogP contribution >= 0.6 is 0 Å². The van der Waals surface area contributed by atoms with Gasteiger partial charge in [-0.2, -0.15) is 0 Å². The number of aromatic nitrogens is 1. The molecule has 0 bridgehead atoms. The van der Waals surface area contributed by atoms with E-state index in [1.807, 2.05) is 0 Å². The lowest BCUT2D eigenvalue weighted by Crippen LogP contribution is -2.40. The van der Waals surface area contributed by atoms with E-state index >= 15 is 0 Å². The molecule has 3 rings (SSSR count). The lowest BCUT2D eigenvalue weighted by molar-refractivity contribution is 0.0384. The smallest absolute Gasteiger partial charge is 0.0594 e. The molecule has 1 aromatic carbocycles. The average molecular weight is 287 g/mol. The van der Waals surface area contributed by atoms with Crippen LogP contribution in [0.1, 0.15) is 12.5 Å². The predicted octanol–water partition coefficient (Wildman–Crippen LogP) is 2.08. The number of hydrogen-bond donors (Lipinski definition) is 1. The van der Waals surface area contributed by atoms with Crippen molar-refractivity contribution in [2.45, 2.75) is 20.0 Å². The summed E-state index contributed by atoms with van der Waals surface area (Å²) in [6.07, 6.45) is 2.28. The van der Waals surface area contributed by atoms with Gasteiger partial charge in [0.25, 0.3) is 0 Å². The van der Waals surface area contributed by atoms with Gasteiger partial charge in [-0.25, -0.2) is 0 Å². The molecule has 1 aliphatic rings. The lowest BCUT2D eigenvalue weighted by Gasteiger charge is -2.26. The highest BCUT2D eigenvalue weighted by molar-refractivity contribution is 5.83. The summed E-state index contributed by atoms with van der Waals surface area (Å²) in [5.41, 5.74) is 2.74.